The molecule has 0 aliphatic rings. The van der Waals surface area contributed by atoms with Crippen LogP contribution >= 0.6 is 0 Å². The van der Waals surface area contributed by atoms with Gasteiger partial charge in [0, 0.05) is 25.2 Å². The smallest absolute Gasteiger partial charge is 0.242 e. The van der Waals surface area contributed by atoms with Gasteiger partial charge in [0.05, 0.1) is 0 Å². The molecule has 0 unspecified atom stereocenters. The molecular weight excluding hydrogens is 278 g/mol. The van der Waals surface area contributed by atoms with E-state index in [1.54, 1.807) is 0 Å². The van der Waals surface area contributed by atoms with Crippen molar-refractivity contribution in [3.8, 4) is 0 Å². The summed E-state index contributed by atoms with van der Waals surface area (Å²) >= 11 is 0. The number of amides is 1. The average molecular weight is 313 g/mol. The molecule has 0 spiro atoms. The number of likely N-dealkylation sites (N-methyl/N-ethyl adjacent to an activating group) is 1. The van der Waals surface area contributed by atoms with Crippen molar-refractivity contribution in [2.24, 2.45) is 4.99 Å². The van der Waals surface area contributed by atoms with Gasteiger partial charge in [0.1, 0.15) is 6.54 Å². The number of carbonyl (C=O) groups excluding carboxylic acids is 1. The first kappa shape index (κ1) is 20.7. The van der Waals surface area contributed by atoms with Crippen molar-refractivity contribution in [1.29, 1.82) is 0 Å². The van der Waals surface area contributed by atoms with Crippen molar-refractivity contribution in [2.45, 2.75) is 53.5 Å². The summed E-state index contributed by atoms with van der Waals surface area (Å²) in [4.78, 5) is 18.5. The summed E-state index contributed by atoms with van der Waals surface area (Å²) in [6.07, 6.45) is 1.16. The second-order valence-corrected chi connectivity index (χ2v) is 6.35. The Morgan fingerprint density at radius 1 is 1.09 bits per heavy atom. The molecule has 0 saturated heterocycles. The van der Waals surface area contributed by atoms with E-state index < -0.39 is 0 Å². The van der Waals surface area contributed by atoms with Crippen LogP contribution in [0.5, 0.6) is 0 Å². The summed E-state index contributed by atoms with van der Waals surface area (Å²) < 4.78 is 0. The van der Waals surface area contributed by atoms with Crippen molar-refractivity contribution in [2.75, 3.05) is 39.3 Å². The van der Waals surface area contributed by atoms with Crippen molar-refractivity contribution in [1.82, 2.24) is 20.9 Å². The largest absolute Gasteiger partial charge is 0.357 e. The molecule has 6 heteroatoms. The number of hydrogen-bond donors (Lipinski definition) is 3. The normalized spacial score (nSPS) is 12.4. The van der Waals surface area contributed by atoms with Crippen molar-refractivity contribution in [3.63, 3.8) is 0 Å². The summed E-state index contributed by atoms with van der Waals surface area (Å²) in [5.41, 5.74) is -0.222. The Kier molecular flexibility index (Phi) is 10.6. The summed E-state index contributed by atoms with van der Waals surface area (Å²) in [5.74, 6) is 0.630. The molecule has 1 amide bonds. The lowest BCUT2D eigenvalue weighted by atomic mass is 10.1. The molecule has 0 saturated carbocycles. The fraction of sp³-hybridized carbons (Fsp3) is 0.875. The molecule has 0 aliphatic heterocycles. The van der Waals surface area contributed by atoms with Gasteiger partial charge in [-0.25, -0.2) is 4.99 Å². The molecule has 0 radical (unpaired) electrons. The first-order valence-corrected chi connectivity index (χ1v) is 8.37. The average Bonchev–Trinajstić information content (AvgIpc) is 2.41. The maximum atomic E-state index is 11.8. The van der Waals surface area contributed by atoms with Gasteiger partial charge in [-0.3, -0.25) is 4.79 Å². The highest BCUT2D eigenvalue weighted by molar-refractivity contribution is 5.85. The Bertz CT molecular complexity index is 336. The van der Waals surface area contributed by atoms with Crippen LogP contribution in [0.15, 0.2) is 4.99 Å². The van der Waals surface area contributed by atoms with Gasteiger partial charge in [-0.1, -0.05) is 13.8 Å². The highest BCUT2D eigenvalue weighted by Gasteiger charge is 2.13. The molecule has 0 rings (SSSR count). The zero-order valence-electron chi connectivity index (χ0n) is 15.3. The van der Waals surface area contributed by atoms with Gasteiger partial charge in [0.2, 0.25) is 5.91 Å². The first-order chi connectivity index (χ1) is 10.3. The van der Waals surface area contributed by atoms with E-state index in [0.29, 0.717) is 5.96 Å². The van der Waals surface area contributed by atoms with Crippen LogP contribution < -0.4 is 16.0 Å². The maximum absolute atomic E-state index is 11.8. The Morgan fingerprint density at radius 2 is 1.77 bits per heavy atom. The van der Waals surface area contributed by atoms with Crippen LogP contribution in [-0.2, 0) is 4.79 Å². The molecule has 0 atom stereocenters. The third kappa shape index (κ3) is 11.4. The molecule has 22 heavy (non-hydrogen) atoms. The van der Waals surface area contributed by atoms with Crippen LogP contribution in [0.3, 0.4) is 0 Å². The van der Waals surface area contributed by atoms with E-state index in [4.69, 9.17) is 0 Å². The van der Waals surface area contributed by atoms with E-state index >= 15 is 0 Å². The summed E-state index contributed by atoms with van der Waals surface area (Å²) in [6.45, 7) is 17.1. The Morgan fingerprint density at radius 3 is 2.27 bits per heavy atom. The van der Waals surface area contributed by atoms with Gasteiger partial charge >= 0.3 is 0 Å². The van der Waals surface area contributed by atoms with Gasteiger partial charge in [0.25, 0.3) is 0 Å². The van der Waals surface area contributed by atoms with Gasteiger partial charge in [-0.2, -0.15) is 0 Å². The van der Waals surface area contributed by atoms with E-state index in [9.17, 15) is 4.79 Å². The third-order valence-corrected chi connectivity index (χ3v) is 2.95. The molecule has 0 heterocycles. The second kappa shape index (κ2) is 11.3. The topological polar surface area (TPSA) is 68.8 Å². The highest BCUT2D eigenvalue weighted by atomic mass is 16.2. The SMILES string of the molecule is CCCN(CC)CCNC(=NCC(=O)NC(C)(C)C)NCC. The standard InChI is InChI=1S/C16H35N5O/c1-7-11-21(9-3)12-10-18-15(17-8-2)19-13-14(22)20-16(4,5)6/h7-13H2,1-6H3,(H,20,22)(H2,17,18,19). The Hall–Kier alpha value is -1.30. The minimum absolute atomic E-state index is 0.0640. The van der Waals surface area contributed by atoms with Gasteiger partial charge < -0.3 is 20.9 Å². The molecule has 0 bridgehead atoms. The molecule has 0 aliphatic carbocycles. The number of hydrogen-bond acceptors (Lipinski definition) is 3. The molecule has 130 valence electrons. The van der Waals surface area contributed by atoms with E-state index in [0.717, 1.165) is 39.1 Å². The molecule has 0 aromatic carbocycles. The van der Waals surface area contributed by atoms with Gasteiger partial charge in [-0.05, 0) is 47.2 Å². The fourth-order valence-electron chi connectivity index (χ4n) is 2.03. The van der Waals surface area contributed by atoms with Crippen molar-refractivity contribution < 1.29 is 4.79 Å². The third-order valence-electron chi connectivity index (χ3n) is 2.95. The highest BCUT2D eigenvalue weighted by Crippen LogP contribution is 1.97. The minimum Gasteiger partial charge on any atom is -0.357 e. The second-order valence-electron chi connectivity index (χ2n) is 6.35. The van der Waals surface area contributed by atoms with Crippen LogP contribution in [0.25, 0.3) is 0 Å². The van der Waals surface area contributed by atoms with Crippen molar-refractivity contribution >= 4 is 11.9 Å². The van der Waals surface area contributed by atoms with Crippen LogP contribution in [0, 0.1) is 0 Å². The molecule has 6 nitrogen and oxygen atoms in total. The van der Waals surface area contributed by atoms with Crippen LogP contribution in [0.2, 0.25) is 0 Å². The number of rotatable bonds is 9. The molecular formula is C16H35N5O. The van der Waals surface area contributed by atoms with Crippen LogP contribution in [0.4, 0.5) is 0 Å². The predicted octanol–water partition coefficient (Wildman–Crippen LogP) is 1.19. The number of guanidine groups is 1. The van der Waals surface area contributed by atoms with Crippen LogP contribution in [-0.4, -0.2) is 61.6 Å². The minimum atomic E-state index is -0.222. The molecule has 0 aromatic rings. The first-order valence-electron chi connectivity index (χ1n) is 8.37. The van der Waals surface area contributed by atoms with Gasteiger partial charge in [-0.15, -0.1) is 0 Å². The number of aliphatic imine (C=N–C) groups is 1. The van der Waals surface area contributed by atoms with Crippen LogP contribution in [0.1, 0.15) is 48.0 Å². The lowest BCUT2D eigenvalue weighted by molar-refractivity contribution is -0.121. The summed E-state index contributed by atoms with van der Waals surface area (Å²) in [7, 11) is 0. The monoisotopic (exact) mass is 313 g/mol. The van der Waals surface area contributed by atoms with Gasteiger partial charge in [0.15, 0.2) is 5.96 Å². The number of carbonyl (C=O) groups is 1. The zero-order valence-corrected chi connectivity index (χ0v) is 15.3. The predicted molar refractivity (Wildman–Crippen MR) is 94.3 cm³/mol. The van der Waals surface area contributed by atoms with E-state index in [1.807, 2.05) is 27.7 Å². The zero-order chi connectivity index (χ0) is 17.0. The summed E-state index contributed by atoms with van der Waals surface area (Å²) in [6, 6.07) is 0. The van der Waals surface area contributed by atoms with E-state index in [1.165, 1.54) is 0 Å². The number of nitrogens with zero attached hydrogens (tertiary/aromatic N) is 2. The lowest BCUT2D eigenvalue weighted by Crippen LogP contribution is -2.44. The van der Waals surface area contributed by atoms with E-state index in [-0.39, 0.29) is 18.0 Å². The Balaban J connectivity index is 4.29. The lowest BCUT2D eigenvalue weighted by Gasteiger charge is -2.21. The fourth-order valence-corrected chi connectivity index (χ4v) is 2.03. The molecule has 0 aromatic heterocycles. The molecule has 3 N–H and O–H groups in total. The van der Waals surface area contributed by atoms with Crippen molar-refractivity contribution in [3.05, 3.63) is 0 Å². The maximum Gasteiger partial charge on any atom is 0.242 e. The summed E-state index contributed by atoms with van der Waals surface area (Å²) in [5, 5.41) is 9.35. The molecule has 0 fully saturated rings. The Labute approximate surface area is 136 Å². The van der Waals surface area contributed by atoms with E-state index in [2.05, 4.69) is 39.7 Å². The number of nitrogens with one attached hydrogen (secondary N) is 3. The quantitative estimate of drug-likeness (QED) is 0.442.